The van der Waals surface area contributed by atoms with Crippen molar-refractivity contribution in [1.29, 1.82) is 0 Å². The third-order valence-electron chi connectivity index (χ3n) is 3.55. The van der Waals surface area contributed by atoms with Crippen molar-refractivity contribution < 1.29 is 14.5 Å². The Balaban J connectivity index is 1.86. The maximum Gasteiger partial charge on any atom is 0.410 e. The maximum absolute atomic E-state index is 12.0. The Kier molecular flexibility index (Phi) is 5.20. The summed E-state index contributed by atoms with van der Waals surface area (Å²) in [5, 5.41) is 10.8. The maximum atomic E-state index is 12.0. The first-order valence-corrected chi connectivity index (χ1v) is 7.68. The van der Waals surface area contributed by atoms with Crippen LogP contribution in [-0.4, -0.2) is 52.6 Å². The lowest BCUT2D eigenvalue weighted by Gasteiger charge is -2.35. The zero-order chi connectivity index (χ0) is 17.0. The molecule has 1 aromatic carbocycles. The summed E-state index contributed by atoms with van der Waals surface area (Å²) >= 11 is 0. The largest absolute Gasteiger partial charge is 0.444 e. The Hall–Kier alpha value is -2.15. The van der Waals surface area contributed by atoms with Crippen molar-refractivity contribution in [2.75, 3.05) is 26.2 Å². The van der Waals surface area contributed by atoms with Gasteiger partial charge < -0.3 is 9.64 Å². The summed E-state index contributed by atoms with van der Waals surface area (Å²) < 4.78 is 5.37. The van der Waals surface area contributed by atoms with Crippen molar-refractivity contribution in [3.05, 3.63) is 39.9 Å². The molecule has 1 amide bonds. The van der Waals surface area contributed by atoms with Gasteiger partial charge in [0.2, 0.25) is 0 Å². The van der Waals surface area contributed by atoms with Crippen molar-refractivity contribution in [2.24, 2.45) is 0 Å². The van der Waals surface area contributed by atoms with Gasteiger partial charge in [-0.1, -0.05) is 12.1 Å². The van der Waals surface area contributed by atoms with Gasteiger partial charge >= 0.3 is 6.09 Å². The number of nitrogens with zero attached hydrogens (tertiary/aromatic N) is 3. The fraction of sp³-hybridized carbons (Fsp3) is 0.562. The minimum Gasteiger partial charge on any atom is -0.444 e. The molecule has 0 radical (unpaired) electrons. The molecule has 0 spiro atoms. The van der Waals surface area contributed by atoms with Crippen LogP contribution in [0.5, 0.6) is 0 Å². The van der Waals surface area contributed by atoms with E-state index in [0.717, 1.165) is 18.7 Å². The number of benzene rings is 1. The fourth-order valence-electron chi connectivity index (χ4n) is 2.44. The highest BCUT2D eigenvalue weighted by Gasteiger charge is 2.25. The fourth-order valence-corrected chi connectivity index (χ4v) is 2.44. The minimum atomic E-state index is -0.489. The number of non-ortho nitro benzene ring substituents is 1. The van der Waals surface area contributed by atoms with Crippen molar-refractivity contribution in [3.8, 4) is 0 Å². The summed E-state index contributed by atoms with van der Waals surface area (Å²) in [4.78, 5) is 26.3. The van der Waals surface area contributed by atoms with Gasteiger partial charge in [-0.25, -0.2) is 4.79 Å². The van der Waals surface area contributed by atoms with Crippen LogP contribution in [0.25, 0.3) is 0 Å². The van der Waals surface area contributed by atoms with E-state index in [1.807, 2.05) is 26.8 Å². The lowest BCUT2D eigenvalue weighted by Crippen LogP contribution is -2.49. The molecule has 1 heterocycles. The molecule has 1 saturated heterocycles. The van der Waals surface area contributed by atoms with Crippen LogP contribution < -0.4 is 0 Å². The number of carbonyl (C=O) groups is 1. The Labute approximate surface area is 136 Å². The number of hydrogen-bond donors (Lipinski definition) is 0. The average Bonchev–Trinajstić information content (AvgIpc) is 2.46. The van der Waals surface area contributed by atoms with Gasteiger partial charge in [0.1, 0.15) is 5.60 Å². The van der Waals surface area contributed by atoms with Crippen LogP contribution in [0.3, 0.4) is 0 Å². The van der Waals surface area contributed by atoms with Gasteiger partial charge in [0.05, 0.1) is 4.92 Å². The highest BCUT2D eigenvalue weighted by Crippen LogP contribution is 2.16. The van der Waals surface area contributed by atoms with Crippen LogP contribution in [0, 0.1) is 10.1 Å². The van der Waals surface area contributed by atoms with Gasteiger partial charge in [0, 0.05) is 44.9 Å². The third kappa shape index (κ3) is 5.21. The first kappa shape index (κ1) is 17.2. The van der Waals surface area contributed by atoms with E-state index in [1.165, 1.54) is 6.07 Å². The lowest BCUT2D eigenvalue weighted by atomic mass is 10.1. The van der Waals surface area contributed by atoms with Crippen LogP contribution in [0.15, 0.2) is 24.3 Å². The summed E-state index contributed by atoms with van der Waals surface area (Å²) in [7, 11) is 0. The number of amides is 1. The molecule has 126 valence electrons. The van der Waals surface area contributed by atoms with E-state index >= 15 is 0 Å². The molecule has 0 N–H and O–H groups in total. The van der Waals surface area contributed by atoms with E-state index in [4.69, 9.17) is 4.74 Å². The monoisotopic (exact) mass is 321 g/mol. The van der Waals surface area contributed by atoms with Crippen LogP contribution in [-0.2, 0) is 11.3 Å². The van der Waals surface area contributed by atoms with Crippen molar-refractivity contribution in [2.45, 2.75) is 32.9 Å². The molecule has 7 heteroatoms. The van der Waals surface area contributed by atoms with E-state index in [1.54, 1.807) is 17.0 Å². The van der Waals surface area contributed by atoms with Crippen molar-refractivity contribution >= 4 is 11.8 Å². The number of piperazine rings is 1. The number of carbonyl (C=O) groups excluding carboxylic acids is 1. The average molecular weight is 321 g/mol. The van der Waals surface area contributed by atoms with Crippen LogP contribution in [0.2, 0.25) is 0 Å². The summed E-state index contributed by atoms with van der Waals surface area (Å²) in [5.74, 6) is 0. The predicted molar refractivity (Wildman–Crippen MR) is 86.2 cm³/mol. The molecule has 0 atom stereocenters. The van der Waals surface area contributed by atoms with Gasteiger partial charge in [0.25, 0.3) is 5.69 Å². The molecule has 2 rings (SSSR count). The minimum absolute atomic E-state index is 0.106. The Morgan fingerprint density at radius 2 is 1.91 bits per heavy atom. The van der Waals surface area contributed by atoms with Crippen LogP contribution >= 0.6 is 0 Å². The standard InChI is InChI=1S/C16H23N3O4/c1-16(2,3)23-15(20)18-9-7-17(8-10-18)12-13-5-4-6-14(11-13)19(21)22/h4-6,11H,7-10,12H2,1-3H3. The molecule has 0 saturated carbocycles. The van der Waals surface area contributed by atoms with Crippen molar-refractivity contribution in [1.82, 2.24) is 9.80 Å². The van der Waals surface area contributed by atoms with E-state index < -0.39 is 5.60 Å². The first-order chi connectivity index (χ1) is 10.7. The second-order valence-corrected chi connectivity index (χ2v) is 6.67. The number of ether oxygens (including phenoxy) is 1. The first-order valence-electron chi connectivity index (χ1n) is 7.68. The van der Waals surface area contributed by atoms with Crippen LogP contribution in [0.4, 0.5) is 10.5 Å². The highest BCUT2D eigenvalue weighted by atomic mass is 16.6. The summed E-state index contributed by atoms with van der Waals surface area (Å²) in [6.45, 7) is 8.85. The van der Waals surface area contributed by atoms with Gasteiger partial charge in [-0.15, -0.1) is 0 Å². The summed E-state index contributed by atoms with van der Waals surface area (Å²) in [6, 6.07) is 6.67. The topological polar surface area (TPSA) is 75.9 Å². The molecule has 1 aliphatic heterocycles. The smallest absolute Gasteiger partial charge is 0.410 e. The predicted octanol–water partition coefficient (Wildman–Crippen LogP) is 2.65. The molecule has 1 aliphatic rings. The zero-order valence-corrected chi connectivity index (χ0v) is 13.8. The zero-order valence-electron chi connectivity index (χ0n) is 13.8. The molecule has 1 aromatic rings. The second kappa shape index (κ2) is 6.95. The van der Waals surface area contributed by atoms with E-state index in [2.05, 4.69) is 4.90 Å². The molecule has 1 fully saturated rings. The van der Waals surface area contributed by atoms with Gasteiger partial charge in [-0.2, -0.15) is 0 Å². The molecule has 0 unspecified atom stereocenters. The SMILES string of the molecule is CC(C)(C)OC(=O)N1CCN(Cc2cccc([N+](=O)[O-])c2)CC1. The summed E-state index contributed by atoms with van der Waals surface area (Å²) in [6.07, 6.45) is -0.285. The summed E-state index contributed by atoms with van der Waals surface area (Å²) in [5.41, 5.74) is 0.525. The molecule has 7 nitrogen and oxygen atoms in total. The van der Waals surface area contributed by atoms with E-state index in [-0.39, 0.29) is 16.7 Å². The normalized spacial score (nSPS) is 16.2. The Bertz CT molecular complexity index is 575. The molecule has 0 aromatic heterocycles. The van der Waals surface area contributed by atoms with Gasteiger partial charge in [-0.3, -0.25) is 15.0 Å². The number of nitro groups is 1. The molecule has 23 heavy (non-hydrogen) atoms. The number of rotatable bonds is 3. The van der Waals surface area contributed by atoms with Crippen LogP contribution in [0.1, 0.15) is 26.3 Å². The second-order valence-electron chi connectivity index (χ2n) is 6.67. The molecular formula is C16H23N3O4. The van der Waals surface area contributed by atoms with E-state index in [0.29, 0.717) is 19.6 Å². The Morgan fingerprint density at radius 3 is 2.48 bits per heavy atom. The van der Waals surface area contributed by atoms with E-state index in [9.17, 15) is 14.9 Å². The quantitative estimate of drug-likeness (QED) is 0.632. The van der Waals surface area contributed by atoms with Gasteiger partial charge in [0.15, 0.2) is 0 Å². The molecular weight excluding hydrogens is 298 g/mol. The molecule has 0 bridgehead atoms. The molecule has 0 aliphatic carbocycles. The van der Waals surface area contributed by atoms with Crippen molar-refractivity contribution in [3.63, 3.8) is 0 Å². The lowest BCUT2D eigenvalue weighted by molar-refractivity contribution is -0.384. The Morgan fingerprint density at radius 1 is 1.26 bits per heavy atom. The third-order valence-corrected chi connectivity index (χ3v) is 3.55. The highest BCUT2D eigenvalue weighted by molar-refractivity contribution is 5.68. The number of hydrogen-bond acceptors (Lipinski definition) is 5. The number of nitro benzene ring substituents is 1. The van der Waals surface area contributed by atoms with Gasteiger partial charge in [-0.05, 0) is 26.3 Å².